The summed E-state index contributed by atoms with van der Waals surface area (Å²) >= 11 is 0. The van der Waals surface area contributed by atoms with Crippen LogP contribution in [0.3, 0.4) is 0 Å². The van der Waals surface area contributed by atoms with Gasteiger partial charge in [-0.15, -0.1) is 0 Å². The molecule has 0 bridgehead atoms. The summed E-state index contributed by atoms with van der Waals surface area (Å²) in [5.41, 5.74) is 2.54. The molecule has 0 saturated carbocycles. The Labute approximate surface area is 165 Å². The second kappa shape index (κ2) is 8.28. The maximum atomic E-state index is 12.8. The standard InChI is InChI=1S/C20H28N4O4/c1-14-11-23(12-15(2)28-14)13-17(25)22-24-18(26)20(3,21-19(24)27)10-9-16-7-5-4-6-8-16/h4-8,14-15H,9-13H2,1-3H3,(H,21,27)(H,22,25)/p+1/t14-,15-,20-/m1/s1. The molecule has 8 nitrogen and oxygen atoms in total. The molecule has 2 aliphatic heterocycles. The fraction of sp³-hybridized carbons (Fsp3) is 0.550. The fourth-order valence-electron chi connectivity index (χ4n) is 3.92. The highest BCUT2D eigenvalue weighted by molar-refractivity contribution is 6.07. The van der Waals surface area contributed by atoms with Crippen molar-refractivity contribution in [3.63, 3.8) is 0 Å². The summed E-state index contributed by atoms with van der Waals surface area (Å²) in [7, 11) is 0. The monoisotopic (exact) mass is 389 g/mol. The van der Waals surface area contributed by atoms with Gasteiger partial charge in [0.05, 0.1) is 0 Å². The van der Waals surface area contributed by atoms with E-state index in [4.69, 9.17) is 4.74 Å². The molecule has 2 saturated heterocycles. The van der Waals surface area contributed by atoms with Gasteiger partial charge in [0.25, 0.3) is 11.8 Å². The number of rotatable bonds is 6. The highest BCUT2D eigenvalue weighted by Crippen LogP contribution is 2.22. The van der Waals surface area contributed by atoms with Crippen molar-refractivity contribution in [3.05, 3.63) is 35.9 Å². The largest absolute Gasteiger partial charge is 0.364 e. The Hall–Kier alpha value is -2.45. The van der Waals surface area contributed by atoms with Crippen LogP contribution in [0.2, 0.25) is 0 Å². The molecule has 0 spiro atoms. The van der Waals surface area contributed by atoms with Gasteiger partial charge in [-0.05, 0) is 39.2 Å². The van der Waals surface area contributed by atoms with E-state index in [1.54, 1.807) is 6.92 Å². The first kappa shape index (κ1) is 20.3. The van der Waals surface area contributed by atoms with Crippen LogP contribution in [0.4, 0.5) is 4.79 Å². The molecule has 1 aromatic rings. The molecule has 2 fully saturated rings. The van der Waals surface area contributed by atoms with Crippen molar-refractivity contribution < 1.29 is 24.0 Å². The van der Waals surface area contributed by atoms with Gasteiger partial charge in [-0.25, -0.2) is 4.79 Å². The molecule has 0 unspecified atom stereocenters. The Bertz CT molecular complexity index is 731. The number of nitrogens with one attached hydrogen (secondary N) is 3. The minimum atomic E-state index is -1.03. The third-order valence-corrected chi connectivity index (χ3v) is 5.28. The molecule has 0 radical (unpaired) electrons. The number of amides is 4. The van der Waals surface area contributed by atoms with Crippen molar-refractivity contribution in [1.82, 2.24) is 15.8 Å². The molecule has 1 aromatic carbocycles. The number of nitrogens with zero attached hydrogens (tertiary/aromatic N) is 1. The molecule has 3 rings (SSSR count). The molecule has 8 heteroatoms. The lowest BCUT2D eigenvalue weighted by atomic mass is 9.93. The van der Waals surface area contributed by atoms with E-state index >= 15 is 0 Å². The first-order valence-corrected chi connectivity index (χ1v) is 9.76. The summed E-state index contributed by atoms with van der Waals surface area (Å²) in [4.78, 5) is 38.6. The van der Waals surface area contributed by atoms with E-state index in [2.05, 4.69) is 10.7 Å². The van der Waals surface area contributed by atoms with Gasteiger partial charge in [0.1, 0.15) is 30.8 Å². The van der Waals surface area contributed by atoms with Crippen molar-refractivity contribution in [2.45, 2.75) is 51.4 Å². The predicted molar refractivity (Wildman–Crippen MR) is 102 cm³/mol. The molecule has 28 heavy (non-hydrogen) atoms. The Morgan fingerprint density at radius 3 is 2.54 bits per heavy atom. The third kappa shape index (κ3) is 4.69. The molecule has 0 aliphatic carbocycles. The topological polar surface area (TPSA) is 92.2 Å². The third-order valence-electron chi connectivity index (χ3n) is 5.28. The number of hydrogen-bond donors (Lipinski definition) is 3. The van der Waals surface area contributed by atoms with E-state index in [0.29, 0.717) is 25.9 Å². The molecular weight excluding hydrogens is 360 g/mol. The summed E-state index contributed by atoms with van der Waals surface area (Å²) < 4.78 is 5.67. The predicted octanol–water partition coefficient (Wildman–Crippen LogP) is -0.347. The van der Waals surface area contributed by atoms with Crippen LogP contribution in [0, 0.1) is 0 Å². The lowest BCUT2D eigenvalue weighted by Gasteiger charge is -2.32. The number of hydrogen-bond acceptors (Lipinski definition) is 4. The Morgan fingerprint density at radius 2 is 1.89 bits per heavy atom. The van der Waals surface area contributed by atoms with E-state index in [1.165, 1.54) is 0 Å². The summed E-state index contributed by atoms with van der Waals surface area (Å²) in [6.07, 6.45) is 1.25. The number of aryl methyl sites for hydroxylation is 1. The van der Waals surface area contributed by atoms with Crippen LogP contribution >= 0.6 is 0 Å². The molecule has 2 aliphatic rings. The maximum absolute atomic E-state index is 12.8. The van der Waals surface area contributed by atoms with Crippen LogP contribution in [0.25, 0.3) is 0 Å². The lowest BCUT2D eigenvalue weighted by Crippen LogP contribution is -3.16. The van der Waals surface area contributed by atoms with E-state index < -0.39 is 17.5 Å². The number of imide groups is 1. The Morgan fingerprint density at radius 1 is 1.25 bits per heavy atom. The highest BCUT2D eigenvalue weighted by atomic mass is 16.5. The van der Waals surface area contributed by atoms with Gasteiger partial charge < -0.3 is 15.0 Å². The number of quaternary nitrogens is 1. The van der Waals surface area contributed by atoms with E-state index in [0.717, 1.165) is 15.5 Å². The second-order valence-electron chi connectivity index (χ2n) is 8.02. The summed E-state index contributed by atoms with van der Waals surface area (Å²) in [6, 6.07) is 9.19. The molecule has 152 valence electrons. The average Bonchev–Trinajstić information content (AvgIpc) is 2.83. The molecule has 0 aromatic heterocycles. The van der Waals surface area contributed by atoms with E-state index in [1.807, 2.05) is 44.2 Å². The fourth-order valence-corrected chi connectivity index (χ4v) is 3.92. The van der Waals surface area contributed by atoms with Gasteiger partial charge in [-0.2, -0.15) is 5.01 Å². The second-order valence-corrected chi connectivity index (χ2v) is 8.02. The van der Waals surface area contributed by atoms with Crippen LogP contribution in [0.5, 0.6) is 0 Å². The molecular formula is C20H29N4O4+. The van der Waals surface area contributed by atoms with E-state index in [-0.39, 0.29) is 24.7 Å². The number of benzene rings is 1. The van der Waals surface area contributed by atoms with Gasteiger partial charge in [0.15, 0.2) is 6.54 Å². The van der Waals surface area contributed by atoms with Crippen molar-refractivity contribution in [2.75, 3.05) is 19.6 Å². The van der Waals surface area contributed by atoms with Gasteiger partial charge in [-0.1, -0.05) is 30.3 Å². The lowest BCUT2D eigenvalue weighted by molar-refractivity contribution is -0.907. The van der Waals surface area contributed by atoms with Gasteiger partial charge in [-0.3, -0.25) is 15.0 Å². The number of hydrazine groups is 1. The Balaban J connectivity index is 1.56. The van der Waals surface area contributed by atoms with Crippen LogP contribution in [0.15, 0.2) is 30.3 Å². The van der Waals surface area contributed by atoms with E-state index in [9.17, 15) is 14.4 Å². The molecule has 2 heterocycles. The zero-order chi connectivity index (χ0) is 20.3. The molecule has 4 amide bonds. The SMILES string of the molecule is C[C@@H]1C[NH+](CC(=O)NN2C(=O)N[C@](C)(CCc3ccccc3)C2=O)C[C@@H](C)O1. The van der Waals surface area contributed by atoms with Crippen LogP contribution in [0.1, 0.15) is 32.8 Å². The summed E-state index contributed by atoms with van der Waals surface area (Å²) in [5.74, 6) is -0.785. The minimum Gasteiger partial charge on any atom is -0.364 e. The quantitative estimate of drug-likeness (QED) is 0.580. The smallest absolute Gasteiger partial charge is 0.344 e. The van der Waals surface area contributed by atoms with Crippen LogP contribution < -0.4 is 15.6 Å². The number of urea groups is 1. The minimum absolute atomic E-state index is 0.0737. The van der Waals surface area contributed by atoms with Crippen molar-refractivity contribution >= 4 is 17.8 Å². The number of carbonyl (C=O) groups excluding carboxylic acids is 3. The highest BCUT2D eigenvalue weighted by Gasteiger charge is 2.48. The molecule has 3 atom stereocenters. The first-order chi connectivity index (χ1) is 13.3. The number of ether oxygens (including phenoxy) is 1. The Kier molecular flexibility index (Phi) is 6.00. The van der Waals surface area contributed by atoms with Gasteiger partial charge >= 0.3 is 6.03 Å². The summed E-state index contributed by atoms with van der Waals surface area (Å²) in [6.45, 7) is 7.26. The van der Waals surface area contributed by atoms with Crippen LogP contribution in [-0.4, -0.2) is 60.2 Å². The van der Waals surface area contributed by atoms with Gasteiger partial charge in [0, 0.05) is 0 Å². The zero-order valence-electron chi connectivity index (χ0n) is 16.7. The number of morpholine rings is 1. The van der Waals surface area contributed by atoms with Crippen molar-refractivity contribution in [3.8, 4) is 0 Å². The number of carbonyl (C=O) groups is 3. The molecule has 3 N–H and O–H groups in total. The first-order valence-electron chi connectivity index (χ1n) is 9.76. The zero-order valence-corrected chi connectivity index (χ0v) is 16.7. The summed E-state index contributed by atoms with van der Waals surface area (Å²) in [5, 5.41) is 3.54. The van der Waals surface area contributed by atoms with Crippen LogP contribution in [-0.2, 0) is 20.7 Å². The average molecular weight is 389 g/mol. The maximum Gasteiger partial charge on any atom is 0.344 e. The van der Waals surface area contributed by atoms with Crippen molar-refractivity contribution in [1.29, 1.82) is 0 Å². The normalized spacial score (nSPS) is 30.2. The van der Waals surface area contributed by atoms with Gasteiger partial charge in [0.2, 0.25) is 0 Å². The van der Waals surface area contributed by atoms with Crippen molar-refractivity contribution in [2.24, 2.45) is 0 Å².